The Morgan fingerprint density at radius 2 is 2.23 bits per heavy atom. The Morgan fingerprint density at radius 1 is 1.62 bits per heavy atom. The molecule has 0 fully saturated rings. The Balaban J connectivity index is 2.79. The molecule has 1 amide bonds. The first-order chi connectivity index (χ1) is 6.07. The summed E-state index contributed by atoms with van der Waals surface area (Å²) in [5.41, 5.74) is 0.578. The molecule has 0 bridgehead atoms. The molecule has 0 radical (unpaired) electrons. The Morgan fingerprint density at radius 3 is 2.62 bits per heavy atom. The van der Waals surface area contributed by atoms with Gasteiger partial charge in [0, 0.05) is 5.92 Å². The number of nitrogens with zero attached hydrogens (tertiary/aromatic N) is 2. The molecule has 1 aliphatic rings. The van der Waals surface area contributed by atoms with Crippen LogP contribution >= 0.6 is 0 Å². The maximum atomic E-state index is 11.6. The lowest BCUT2D eigenvalue weighted by molar-refractivity contribution is -0.127. The molecule has 1 heterocycles. The van der Waals surface area contributed by atoms with Gasteiger partial charge in [0.1, 0.15) is 18.2 Å². The second-order valence-corrected chi connectivity index (χ2v) is 3.43. The van der Waals surface area contributed by atoms with Crippen LogP contribution in [-0.2, 0) is 9.59 Å². The Hall–Kier alpha value is -1.19. The van der Waals surface area contributed by atoms with Crippen molar-refractivity contribution in [1.29, 1.82) is 0 Å². The minimum Gasteiger partial charge on any atom is -0.309 e. The van der Waals surface area contributed by atoms with Crippen LogP contribution in [0.5, 0.6) is 0 Å². The number of aldehydes is 1. The fraction of sp³-hybridized carbons (Fsp3) is 0.667. The summed E-state index contributed by atoms with van der Waals surface area (Å²) >= 11 is 0. The molecule has 0 aromatic rings. The van der Waals surface area contributed by atoms with Gasteiger partial charge in [-0.05, 0) is 6.92 Å². The van der Waals surface area contributed by atoms with Gasteiger partial charge in [0.05, 0.1) is 6.54 Å². The number of carbonyl (C=O) groups is 2. The average molecular weight is 182 g/mol. The maximum Gasteiger partial charge on any atom is 0.270 e. The highest BCUT2D eigenvalue weighted by Gasteiger charge is 2.31. The number of hydrogen-bond donors (Lipinski definition) is 0. The van der Waals surface area contributed by atoms with Crippen molar-refractivity contribution in [2.75, 3.05) is 6.54 Å². The number of aliphatic imine (C=N–C) groups is 1. The first-order valence-corrected chi connectivity index (χ1v) is 4.40. The van der Waals surface area contributed by atoms with Crippen LogP contribution in [0, 0.1) is 5.92 Å². The topological polar surface area (TPSA) is 49.7 Å². The van der Waals surface area contributed by atoms with Crippen molar-refractivity contribution in [2.24, 2.45) is 10.9 Å². The van der Waals surface area contributed by atoms with Crippen LogP contribution in [0.2, 0.25) is 0 Å². The lowest BCUT2D eigenvalue weighted by atomic mass is 10.1. The third-order valence-electron chi connectivity index (χ3n) is 2.08. The van der Waals surface area contributed by atoms with E-state index in [4.69, 9.17) is 0 Å². The molecule has 1 aliphatic heterocycles. The van der Waals surface area contributed by atoms with Crippen molar-refractivity contribution in [2.45, 2.75) is 26.9 Å². The molecule has 0 aromatic carbocycles. The highest BCUT2D eigenvalue weighted by molar-refractivity contribution is 6.40. The minimum atomic E-state index is -0.185. The first kappa shape index (κ1) is 9.89. The maximum absolute atomic E-state index is 11.6. The third-order valence-corrected chi connectivity index (χ3v) is 2.08. The normalized spacial score (nSPS) is 22.5. The third kappa shape index (κ3) is 1.76. The van der Waals surface area contributed by atoms with Gasteiger partial charge in [0.15, 0.2) is 0 Å². The monoisotopic (exact) mass is 182 g/mol. The van der Waals surface area contributed by atoms with E-state index < -0.39 is 0 Å². The zero-order valence-electron chi connectivity index (χ0n) is 8.15. The summed E-state index contributed by atoms with van der Waals surface area (Å²) in [4.78, 5) is 27.5. The van der Waals surface area contributed by atoms with E-state index in [1.165, 1.54) is 4.90 Å². The molecule has 4 nitrogen and oxygen atoms in total. The van der Waals surface area contributed by atoms with E-state index >= 15 is 0 Å². The summed E-state index contributed by atoms with van der Waals surface area (Å²) in [5.74, 6) is 0.0289. The standard InChI is InChI=1S/C9H14N2O2/c1-6(2)8-9(13)11(4-5-12)7(3)10-8/h5-7H,4H2,1-3H3/t7-/m1/s1. The summed E-state index contributed by atoms with van der Waals surface area (Å²) in [6.45, 7) is 5.80. The van der Waals surface area contributed by atoms with Crippen molar-refractivity contribution in [3.8, 4) is 0 Å². The van der Waals surface area contributed by atoms with Crippen molar-refractivity contribution in [3.63, 3.8) is 0 Å². The van der Waals surface area contributed by atoms with Gasteiger partial charge in [-0.2, -0.15) is 0 Å². The van der Waals surface area contributed by atoms with Crippen LogP contribution in [0.3, 0.4) is 0 Å². The zero-order valence-corrected chi connectivity index (χ0v) is 8.15. The van der Waals surface area contributed by atoms with Gasteiger partial charge in [-0.3, -0.25) is 9.79 Å². The molecule has 0 N–H and O–H groups in total. The number of rotatable bonds is 3. The quantitative estimate of drug-likeness (QED) is 0.596. The predicted octanol–water partition coefficient (Wildman–Crippen LogP) is 0.470. The SMILES string of the molecule is CC(C)C1=N[C@@H](C)N(CC=O)C1=O. The molecular weight excluding hydrogens is 168 g/mol. The molecule has 13 heavy (non-hydrogen) atoms. The van der Waals surface area contributed by atoms with Gasteiger partial charge in [0.25, 0.3) is 5.91 Å². The van der Waals surface area contributed by atoms with Crippen molar-refractivity contribution in [1.82, 2.24) is 4.90 Å². The molecular formula is C9H14N2O2. The average Bonchev–Trinajstić information content (AvgIpc) is 2.32. The molecule has 0 saturated carbocycles. The van der Waals surface area contributed by atoms with Gasteiger partial charge < -0.3 is 9.69 Å². The summed E-state index contributed by atoms with van der Waals surface area (Å²) < 4.78 is 0. The van der Waals surface area contributed by atoms with E-state index in [1.807, 2.05) is 20.8 Å². The lowest BCUT2D eigenvalue weighted by Gasteiger charge is -2.16. The van der Waals surface area contributed by atoms with Crippen LogP contribution in [0.25, 0.3) is 0 Å². The van der Waals surface area contributed by atoms with Crippen LogP contribution in [0.4, 0.5) is 0 Å². The molecule has 1 atom stereocenters. The van der Waals surface area contributed by atoms with Crippen molar-refractivity contribution >= 4 is 17.9 Å². The molecule has 72 valence electrons. The Labute approximate surface area is 77.6 Å². The van der Waals surface area contributed by atoms with Crippen LogP contribution < -0.4 is 0 Å². The molecule has 0 unspecified atom stereocenters. The highest BCUT2D eigenvalue weighted by atomic mass is 16.2. The molecule has 0 spiro atoms. The van der Waals surface area contributed by atoms with E-state index in [-0.39, 0.29) is 24.5 Å². The zero-order chi connectivity index (χ0) is 10.0. The van der Waals surface area contributed by atoms with Crippen LogP contribution in [0.15, 0.2) is 4.99 Å². The summed E-state index contributed by atoms with van der Waals surface area (Å²) in [6.07, 6.45) is 0.544. The van der Waals surface area contributed by atoms with E-state index in [9.17, 15) is 9.59 Å². The van der Waals surface area contributed by atoms with E-state index in [0.29, 0.717) is 5.71 Å². The fourth-order valence-corrected chi connectivity index (χ4v) is 1.35. The van der Waals surface area contributed by atoms with Gasteiger partial charge >= 0.3 is 0 Å². The van der Waals surface area contributed by atoms with Gasteiger partial charge in [-0.15, -0.1) is 0 Å². The van der Waals surface area contributed by atoms with Crippen LogP contribution in [-0.4, -0.2) is 35.5 Å². The second-order valence-electron chi connectivity index (χ2n) is 3.43. The first-order valence-electron chi connectivity index (χ1n) is 4.40. The molecule has 0 aliphatic carbocycles. The minimum absolute atomic E-state index is 0.102. The second kappa shape index (κ2) is 3.68. The van der Waals surface area contributed by atoms with Gasteiger partial charge in [0.2, 0.25) is 0 Å². The van der Waals surface area contributed by atoms with Gasteiger partial charge in [-0.1, -0.05) is 13.8 Å². The van der Waals surface area contributed by atoms with E-state index in [2.05, 4.69) is 4.99 Å². The number of hydrogen-bond acceptors (Lipinski definition) is 3. The van der Waals surface area contributed by atoms with Crippen LogP contribution in [0.1, 0.15) is 20.8 Å². The van der Waals surface area contributed by atoms with Gasteiger partial charge in [-0.25, -0.2) is 0 Å². The Kier molecular flexibility index (Phi) is 2.80. The summed E-state index contributed by atoms with van der Waals surface area (Å²) in [6, 6.07) is 0. The van der Waals surface area contributed by atoms with Crippen molar-refractivity contribution in [3.05, 3.63) is 0 Å². The number of amides is 1. The summed E-state index contributed by atoms with van der Waals surface area (Å²) in [7, 11) is 0. The predicted molar refractivity (Wildman–Crippen MR) is 49.5 cm³/mol. The molecule has 1 rings (SSSR count). The molecule has 0 saturated heterocycles. The fourth-order valence-electron chi connectivity index (χ4n) is 1.35. The van der Waals surface area contributed by atoms with E-state index in [1.54, 1.807) is 0 Å². The molecule has 4 heteroatoms. The Bertz CT molecular complexity index is 258. The van der Waals surface area contributed by atoms with Crippen molar-refractivity contribution < 1.29 is 9.59 Å². The smallest absolute Gasteiger partial charge is 0.270 e. The summed E-state index contributed by atoms with van der Waals surface area (Å²) in [5, 5.41) is 0. The largest absolute Gasteiger partial charge is 0.309 e. The lowest BCUT2D eigenvalue weighted by Crippen LogP contribution is -2.37. The number of carbonyl (C=O) groups excluding carboxylic acids is 2. The molecule has 0 aromatic heterocycles. The highest BCUT2D eigenvalue weighted by Crippen LogP contribution is 2.15. The van der Waals surface area contributed by atoms with E-state index in [0.717, 1.165) is 6.29 Å².